The predicted molar refractivity (Wildman–Crippen MR) is 126 cm³/mol. The van der Waals surface area contributed by atoms with Crippen LogP contribution < -0.4 is 10.6 Å². The van der Waals surface area contributed by atoms with Crippen LogP contribution in [0.1, 0.15) is 33.2 Å². The number of aromatic nitrogens is 4. The van der Waals surface area contributed by atoms with Gasteiger partial charge in [-0.2, -0.15) is 9.97 Å². The van der Waals surface area contributed by atoms with Crippen molar-refractivity contribution in [1.82, 2.24) is 19.5 Å². The summed E-state index contributed by atoms with van der Waals surface area (Å²) in [6, 6.07) is 18.6. The molecule has 0 unspecified atom stereocenters. The van der Waals surface area contributed by atoms with Gasteiger partial charge < -0.3 is 20.3 Å². The molecule has 0 spiro atoms. The molecule has 1 atom stereocenters. The summed E-state index contributed by atoms with van der Waals surface area (Å²) in [7, 11) is 0. The number of benzene rings is 2. The van der Waals surface area contributed by atoms with E-state index in [-0.39, 0.29) is 18.7 Å². The summed E-state index contributed by atoms with van der Waals surface area (Å²) in [4.78, 5) is 13.9. The van der Waals surface area contributed by atoms with Crippen LogP contribution >= 0.6 is 0 Å². The minimum Gasteiger partial charge on any atom is -0.394 e. The molecule has 0 radical (unpaired) electrons. The highest BCUT2D eigenvalue weighted by atomic mass is 16.3. The molecule has 2 heterocycles. The van der Waals surface area contributed by atoms with Gasteiger partial charge in [-0.25, -0.2) is 4.98 Å². The standard InChI is InChI=1S/C24H28N6O/c1-4-19(14-31)27-24-28-22(21-23(29-24)30(15-25-21)16(2)3)26-20-12-10-18(11-13-20)17-8-6-5-7-9-17/h5-13,15-16,19,31H,4,14H2,1-3H3,(H2,26,27,28,29)/t19-/m1/s1. The largest absolute Gasteiger partial charge is 0.394 e. The highest BCUT2D eigenvalue weighted by Crippen LogP contribution is 2.28. The number of fused-ring (bicyclic) bond motifs is 1. The number of nitrogens with one attached hydrogen (secondary N) is 2. The van der Waals surface area contributed by atoms with E-state index in [1.54, 1.807) is 6.33 Å². The number of aliphatic hydroxyl groups excluding tert-OH is 1. The van der Waals surface area contributed by atoms with Gasteiger partial charge in [-0.15, -0.1) is 0 Å². The second kappa shape index (κ2) is 9.14. The SMILES string of the molecule is CC[C@H](CO)Nc1nc(Nc2ccc(-c3ccccc3)cc2)c2ncn(C(C)C)c2n1. The lowest BCUT2D eigenvalue weighted by molar-refractivity contribution is 0.271. The maximum absolute atomic E-state index is 9.58. The maximum atomic E-state index is 9.58. The van der Waals surface area contributed by atoms with Crippen LogP contribution in [0.15, 0.2) is 60.9 Å². The molecule has 4 aromatic rings. The molecule has 0 aliphatic rings. The van der Waals surface area contributed by atoms with Gasteiger partial charge in [0.15, 0.2) is 17.0 Å². The monoisotopic (exact) mass is 416 g/mol. The summed E-state index contributed by atoms with van der Waals surface area (Å²) >= 11 is 0. The predicted octanol–water partition coefficient (Wildman–Crippen LogP) is 5.00. The summed E-state index contributed by atoms with van der Waals surface area (Å²) in [5.74, 6) is 1.10. The number of aliphatic hydroxyl groups is 1. The molecule has 0 aliphatic carbocycles. The van der Waals surface area contributed by atoms with E-state index >= 15 is 0 Å². The van der Waals surface area contributed by atoms with Crippen LogP contribution in [0.25, 0.3) is 22.3 Å². The fourth-order valence-corrected chi connectivity index (χ4v) is 3.42. The van der Waals surface area contributed by atoms with Crippen LogP contribution in [-0.2, 0) is 0 Å². The number of hydrogen-bond acceptors (Lipinski definition) is 6. The zero-order valence-corrected chi connectivity index (χ0v) is 18.1. The van der Waals surface area contributed by atoms with E-state index in [1.807, 2.05) is 41.8 Å². The first-order chi connectivity index (χ1) is 15.1. The number of rotatable bonds is 8. The van der Waals surface area contributed by atoms with Gasteiger partial charge in [0, 0.05) is 11.7 Å². The van der Waals surface area contributed by atoms with Gasteiger partial charge in [0.05, 0.1) is 19.0 Å². The lowest BCUT2D eigenvalue weighted by Gasteiger charge is -2.16. The topological polar surface area (TPSA) is 87.9 Å². The van der Waals surface area contributed by atoms with Crippen molar-refractivity contribution in [3.05, 3.63) is 60.9 Å². The summed E-state index contributed by atoms with van der Waals surface area (Å²) < 4.78 is 2.02. The van der Waals surface area contributed by atoms with E-state index in [9.17, 15) is 5.11 Å². The highest BCUT2D eigenvalue weighted by molar-refractivity contribution is 5.87. The van der Waals surface area contributed by atoms with Crippen molar-refractivity contribution in [2.45, 2.75) is 39.3 Å². The molecule has 7 heteroatoms. The Morgan fingerprint density at radius 1 is 0.968 bits per heavy atom. The lowest BCUT2D eigenvalue weighted by Crippen LogP contribution is -2.24. The van der Waals surface area contributed by atoms with Crippen molar-refractivity contribution < 1.29 is 5.11 Å². The van der Waals surface area contributed by atoms with Gasteiger partial charge in [-0.1, -0.05) is 49.4 Å². The Hall–Kier alpha value is -3.45. The van der Waals surface area contributed by atoms with E-state index in [2.05, 4.69) is 63.7 Å². The van der Waals surface area contributed by atoms with Gasteiger partial charge >= 0.3 is 0 Å². The van der Waals surface area contributed by atoms with Crippen LogP contribution in [0.2, 0.25) is 0 Å². The van der Waals surface area contributed by atoms with Gasteiger partial charge in [0.2, 0.25) is 5.95 Å². The van der Waals surface area contributed by atoms with Gasteiger partial charge in [-0.3, -0.25) is 0 Å². The molecule has 0 fully saturated rings. The first-order valence-electron chi connectivity index (χ1n) is 10.6. The average Bonchev–Trinajstić information content (AvgIpc) is 3.23. The van der Waals surface area contributed by atoms with E-state index in [1.165, 1.54) is 5.56 Å². The molecule has 31 heavy (non-hydrogen) atoms. The summed E-state index contributed by atoms with van der Waals surface area (Å²) in [6.45, 7) is 6.21. The van der Waals surface area contributed by atoms with Crippen LogP contribution in [0.3, 0.4) is 0 Å². The van der Waals surface area contributed by atoms with Gasteiger partial charge in [0.1, 0.15) is 0 Å². The third-order valence-corrected chi connectivity index (χ3v) is 5.28. The minimum atomic E-state index is -0.106. The smallest absolute Gasteiger partial charge is 0.227 e. The molecule has 2 aromatic carbocycles. The minimum absolute atomic E-state index is 0.0189. The van der Waals surface area contributed by atoms with E-state index in [0.29, 0.717) is 17.3 Å². The first-order valence-corrected chi connectivity index (χ1v) is 10.6. The molecular weight excluding hydrogens is 388 g/mol. The highest BCUT2D eigenvalue weighted by Gasteiger charge is 2.16. The zero-order chi connectivity index (χ0) is 21.8. The number of hydrogen-bond donors (Lipinski definition) is 3. The van der Waals surface area contributed by atoms with Gasteiger partial charge in [0.25, 0.3) is 0 Å². The Morgan fingerprint density at radius 2 is 1.68 bits per heavy atom. The second-order valence-corrected chi connectivity index (χ2v) is 7.81. The van der Waals surface area contributed by atoms with Crippen molar-refractivity contribution in [3.8, 4) is 11.1 Å². The van der Waals surface area contributed by atoms with E-state index in [0.717, 1.165) is 23.3 Å². The van der Waals surface area contributed by atoms with Crippen LogP contribution in [0, 0.1) is 0 Å². The number of anilines is 3. The first kappa shape index (κ1) is 20.8. The summed E-state index contributed by atoms with van der Waals surface area (Å²) in [5, 5.41) is 16.2. The maximum Gasteiger partial charge on any atom is 0.227 e. The lowest BCUT2D eigenvalue weighted by atomic mass is 10.1. The van der Waals surface area contributed by atoms with Gasteiger partial charge in [-0.05, 0) is 43.5 Å². The third-order valence-electron chi connectivity index (χ3n) is 5.28. The Kier molecular flexibility index (Phi) is 6.13. The zero-order valence-electron chi connectivity index (χ0n) is 18.1. The Balaban J connectivity index is 1.68. The average molecular weight is 417 g/mol. The van der Waals surface area contributed by atoms with E-state index in [4.69, 9.17) is 0 Å². The van der Waals surface area contributed by atoms with Crippen molar-refractivity contribution in [3.63, 3.8) is 0 Å². The number of nitrogens with zero attached hydrogens (tertiary/aromatic N) is 4. The molecule has 0 aliphatic heterocycles. The molecule has 7 nitrogen and oxygen atoms in total. The fraction of sp³-hybridized carbons (Fsp3) is 0.292. The molecule has 0 saturated heterocycles. The van der Waals surface area contributed by atoms with E-state index < -0.39 is 0 Å². The second-order valence-electron chi connectivity index (χ2n) is 7.81. The van der Waals surface area contributed by atoms with Crippen molar-refractivity contribution in [1.29, 1.82) is 0 Å². The number of imidazole rings is 1. The molecule has 3 N–H and O–H groups in total. The molecule has 0 amide bonds. The molecule has 0 saturated carbocycles. The van der Waals surface area contributed by atoms with Crippen LogP contribution in [0.4, 0.5) is 17.5 Å². The molecule has 4 rings (SSSR count). The molecule has 160 valence electrons. The Morgan fingerprint density at radius 3 is 2.32 bits per heavy atom. The van der Waals surface area contributed by atoms with Crippen LogP contribution in [-0.4, -0.2) is 37.3 Å². The summed E-state index contributed by atoms with van der Waals surface area (Å²) in [6.07, 6.45) is 2.56. The Labute approximate surface area is 182 Å². The molecule has 0 bridgehead atoms. The van der Waals surface area contributed by atoms with Crippen LogP contribution in [0.5, 0.6) is 0 Å². The Bertz CT molecular complexity index is 1130. The molecular formula is C24H28N6O. The molecule has 2 aromatic heterocycles. The van der Waals surface area contributed by atoms with Crippen molar-refractivity contribution >= 4 is 28.6 Å². The third kappa shape index (κ3) is 4.51. The van der Waals surface area contributed by atoms with Crippen molar-refractivity contribution in [2.24, 2.45) is 0 Å². The summed E-state index contributed by atoms with van der Waals surface area (Å²) in [5.41, 5.74) is 4.71. The van der Waals surface area contributed by atoms with Crippen molar-refractivity contribution in [2.75, 3.05) is 17.2 Å². The quantitative estimate of drug-likeness (QED) is 0.375. The fourth-order valence-electron chi connectivity index (χ4n) is 3.42. The normalized spacial score (nSPS) is 12.3.